The molecule has 0 bridgehead atoms. The number of thiazole rings is 1. The predicted molar refractivity (Wildman–Crippen MR) is 124 cm³/mol. The van der Waals surface area contributed by atoms with Crippen molar-refractivity contribution in [2.75, 3.05) is 10.6 Å². The Morgan fingerprint density at radius 3 is 2.67 bits per heavy atom. The highest BCUT2D eigenvalue weighted by Gasteiger charge is 2.26. The molecule has 10 nitrogen and oxygen atoms in total. The van der Waals surface area contributed by atoms with Gasteiger partial charge in [-0.05, 0) is 31.9 Å². The fourth-order valence-corrected chi connectivity index (χ4v) is 6.41. The van der Waals surface area contributed by atoms with E-state index in [0.717, 1.165) is 42.6 Å². The van der Waals surface area contributed by atoms with Gasteiger partial charge in [0.15, 0.2) is 10.9 Å². The smallest absolute Gasteiger partial charge is 0.308 e. The van der Waals surface area contributed by atoms with Gasteiger partial charge in [-0.15, -0.1) is 21.5 Å². The van der Waals surface area contributed by atoms with E-state index in [-0.39, 0.29) is 27.7 Å². The first-order valence-electron chi connectivity index (χ1n) is 10.5. The van der Waals surface area contributed by atoms with Crippen LogP contribution in [0.25, 0.3) is 0 Å². The summed E-state index contributed by atoms with van der Waals surface area (Å²) < 4.78 is 26.4. The normalized spacial score (nSPS) is 14.4. The van der Waals surface area contributed by atoms with Gasteiger partial charge in [0.25, 0.3) is 0 Å². The van der Waals surface area contributed by atoms with Crippen LogP contribution < -0.4 is 10.6 Å². The fraction of sp³-hybridized carbons (Fsp3) is 0.381. The van der Waals surface area contributed by atoms with Gasteiger partial charge in [0.05, 0.1) is 11.4 Å². The van der Waals surface area contributed by atoms with Gasteiger partial charge >= 0.3 is 6.03 Å². The number of sulfone groups is 1. The van der Waals surface area contributed by atoms with Crippen molar-refractivity contribution in [3.63, 3.8) is 0 Å². The van der Waals surface area contributed by atoms with Crippen LogP contribution in [0.5, 0.6) is 0 Å². The van der Waals surface area contributed by atoms with Crippen LogP contribution in [0.2, 0.25) is 0 Å². The number of amides is 2. The van der Waals surface area contributed by atoms with Crippen molar-refractivity contribution in [2.45, 2.75) is 43.5 Å². The topological polar surface area (TPSA) is 136 Å². The number of carbonyl (C=O) groups is 2. The third-order valence-corrected chi connectivity index (χ3v) is 8.18. The first kappa shape index (κ1) is 23.1. The van der Waals surface area contributed by atoms with E-state index in [1.165, 1.54) is 17.1 Å². The molecular formula is C21H24N6O4S2. The van der Waals surface area contributed by atoms with E-state index in [9.17, 15) is 18.0 Å². The fourth-order valence-electron chi connectivity index (χ4n) is 3.87. The molecule has 4 rings (SSSR count). The second-order valence-corrected chi connectivity index (χ2v) is 11.1. The van der Waals surface area contributed by atoms with E-state index < -0.39 is 15.9 Å². The summed E-state index contributed by atoms with van der Waals surface area (Å²) >= 11 is 1.05. The number of benzene rings is 1. The minimum absolute atomic E-state index is 0.00667. The zero-order valence-electron chi connectivity index (χ0n) is 18.2. The molecule has 1 fully saturated rings. The van der Waals surface area contributed by atoms with Crippen molar-refractivity contribution in [3.8, 4) is 0 Å². The maximum absolute atomic E-state index is 13.0. The Balaban J connectivity index is 1.43. The van der Waals surface area contributed by atoms with Crippen LogP contribution in [0.15, 0.2) is 35.9 Å². The number of nitrogens with one attached hydrogen (secondary N) is 2. The maximum Gasteiger partial charge on any atom is 0.325 e. The zero-order chi connectivity index (χ0) is 23.6. The minimum Gasteiger partial charge on any atom is -0.308 e. The second kappa shape index (κ2) is 9.40. The van der Waals surface area contributed by atoms with Crippen molar-refractivity contribution in [3.05, 3.63) is 46.7 Å². The number of ketones is 1. The molecule has 1 saturated carbocycles. The summed E-state index contributed by atoms with van der Waals surface area (Å²) in [5.41, 5.74) is 1.89. The average Bonchev–Trinajstić information content (AvgIpc) is 3.51. The summed E-state index contributed by atoms with van der Waals surface area (Å²) in [7, 11) is -2.15. The molecule has 12 heteroatoms. The van der Waals surface area contributed by atoms with Gasteiger partial charge < -0.3 is 9.88 Å². The number of aromatic nitrogens is 4. The molecule has 2 N–H and O–H groups in total. The lowest BCUT2D eigenvalue weighted by molar-refractivity contribution is 0.0923. The molecule has 1 aliphatic carbocycles. The highest BCUT2D eigenvalue weighted by molar-refractivity contribution is 7.90. The summed E-state index contributed by atoms with van der Waals surface area (Å²) in [6, 6.07) is 4.80. The molecule has 0 spiro atoms. The summed E-state index contributed by atoms with van der Waals surface area (Å²) in [4.78, 5) is 30.1. The lowest BCUT2D eigenvalue weighted by Crippen LogP contribution is -2.22. The van der Waals surface area contributed by atoms with Crippen molar-refractivity contribution < 1.29 is 18.0 Å². The van der Waals surface area contributed by atoms with E-state index >= 15 is 0 Å². The van der Waals surface area contributed by atoms with Crippen LogP contribution in [0.4, 0.5) is 15.6 Å². The molecule has 0 unspecified atom stereocenters. The SMILES string of the molecule is Cc1ccc(NC(=O)Nc2ncc(CS(=O)(=O)c3nncn3C)s2)c(C(=O)C2CCCC2)c1. The number of nitrogens with zero attached hydrogens (tertiary/aromatic N) is 4. The van der Waals surface area contributed by atoms with Crippen LogP contribution >= 0.6 is 11.3 Å². The molecule has 33 heavy (non-hydrogen) atoms. The summed E-state index contributed by atoms with van der Waals surface area (Å²) in [6.07, 6.45) is 6.55. The lowest BCUT2D eigenvalue weighted by Gasteiger charge is -2.14. The first-order chi connectivity index (χ1) is 15.7. The number of urea groups is 1. The molecule has 174 valence electrons. The van der Waals surface area contributed by atoms with Gasteiger partial charge in [-0.2, -0.15) is 0 Å². The largest absolute Gasteiger partial charge is 0.325 e. The Kier molecular flexibility index (Phi) is 6.56. The van der Waals surface area contributed by atoms with Crippen molar-refractivity contribution >= 4 is 43.8 Å². The van der Waals surface area contributed by atoms with E-state index in [1.54, 1.807) is 19.2 Å². The number of Topliss-reactive ketones (excluding diaryl/α,β-unsaturated/α-hetero) is 1. The second-order valence-electron chi connectivity index (χ2n) is 8.09. The molecule has 0 atom stereocenters. The molecular weight excluding hydrogens is 464 g/mol. The third kappa shape index (κ3) is 5.28. The highest BCUT2D eigenvalue weighted by Crippen LogP contribution is 2.31. The summed E-state index contributed by atoms with van der Waals surface area (Å²) in [5, 5.41) is 12.7. The van der Waals surface area contributed by atoms with Crippen LogP contribution in [0.1, 0.15) is 46.5 Å². The number of hydrogen-bond donors (Lipinski definition) is 2. The average molecular weight is 489 g/mol. The van der Waals surface area contributed by atoms with Crippen LogP contribution in [0, 0.1) is 12.8 Å². The van der Waals surface area contributed by atoms with Gasteiger partial charge in [0, 0.05) is 29.6 Å². The molecule has 1 aliphatic rings. The van der Waals surface area contributed by atoms with Gasteiger partial charge in [-0.1, -0.05) is 24.5 Å². The Labute approximate surface area is 195 Å². The number of rotatable bonds is 7. The molecule has 0 saturated heterocycles. The van der Waals surface area contributed by atoms with Crippen molar-refractivity contribution in [1.29, 1.82) is 0 Å². The molecule has 3 aromatic rings. The Hall–Kier alpha value is -3.12. The van der Waals surface area contributed by atoms with E-state index in [1.807, 2.05) is 13.0 Å². The van der Waals surface area contributed by atoms with Gasteiger partial charge in [0.2, 0.25) is 15.0 Å². The van der Waals surface area contributed by atoms with E-state index in [4.69, 9.17) is 0 Å². The standard InChI is InChI=1S/C21H24N6O4S2/c1-13-7-8-17(16(9-13)18(28)14-5-3-4-6-14)24-19(29)25-20-22-10-15(32-20)11-33(30,31)21-26-23-12-27(21)2/h7-10,12,14H,3-6,11H2,1-2H3,(H2,22,24,25,29). The quantitative estimate of drug-likeness (QED) is 0.485. The van der Waals surface area contributed by atoms with Crippen molar-refractivity contribution in [1.82, 2.24) is 19.7 Å². The predicted octanol–water partition coefficient (Wildman–Crippen LogP) is 3.57. The Morgan fingerprint density at radius 1 is 1.21 bits per heavy atom. The third-order valence-electron chi connectivity index (χ3n) is 5.47. The molecule has 2 heterocycles. The lowest BCUT2D eigenvalue weighted by atomic mass is 9.94. The Bertz CT molecular complexity index is 1290. The summed E-state index contributed by atoms with van der Waals surface area (Å²) in [6.45, 7) is 1.90. The monoisotopic (exact) mass is 488 g/mol. The van der Waals surface area contributed by atoms with E-state index in [2.05, 4.69) is 25.8 Å². The molecule has 2 amide bonds. The van der Waals surface area contributed by atoms with Gasteiger partial charge in [-0.25, -0.2) is 18.2 Å². The van der Waals surface area contributed by atoms with Crippen LogP contribution in [-0.2, 0) is 22.6 Å². The molecule has 0 radical (unpaired) electrons. The molecule has 0 aliphatic heterocycles. The van der Waals surface area contributed by atoms with Crippen LogP contribution in [0.3, 0.4) is 0 Å². The van der Waals surface area contributed by atoms with Gasteiger partial charge in [0.1, 0.15) is 6.33 Å². The van der Waals surface area contributed by atoms with Crippen molar-refractivity contribution in [2.24, 2.45) is 13.0 Å². The maximum atomic E-state index is 13.0. The van der Waals surface area contributed by atoms with Crippen LogP contribution in [-0.4, -0.2) is 40.0 Å². The number of carbonyl (C=O) groups excluding carboxylic acids is 2. The molecule has 1 aromatic carbocycles. The number of anilines is 2. The van der Waals surface area contributed by atoms with E-state index in [0.29, 0.717) is 16.1 Å². The highest BCUT2D eigenvalue weighted by atomic mass is 32.2. The Morgan fingerprint density at radius 2 is 1.97 bits per heavy atom. The first-order valence-corrected chi connectivity index (χ1v) is 12.9. The summed E-state index contributed by atoms with van der Waals surface area (Å²) in [5.74, 6) is -0.261. The minimum atomic E-state index is -3.70. The zero-order valence-corrected chi connectivity index (χ0v) is 19.9. The molecule has 2 aromatic heterocycles. The number of aryl methyl sites for hydroxylation is 2. The van der Waals surface area contributed by atoms with Gasteiger partial charge in [-0.3, -0.25) is 10.1 Å². The number of hydrogen-bond acceptors (Lipinski definition) is 8.